The lowest BCUT2D eigenvalue weighted by atomic mass is 10.4. The van der Waals surface area contributed by atoms with Gasteiger partial charge < -0.3 is 15.0 Å². The first-order valence-electron chi connectivity index (χ1n) is 4.63. The summed E-state index contributed by atoms with van der Waals surface area (Å²) in [6.45, 7) is 2.05. The van der Waals surface area contributed by atoms with E-state index < -0.39 is 4.92 Å². The Kier molecular flexibility index (Phi) is 2.30. The summed E-state index contributed by atoms with van der Waals surface area (Å²) < 4.78 is 0. The highest BCUT2D eigenvalue weighted by Gasteiger charge is 2.15. The van der Waals surface area contributed by atoms with Crippen molar-refractivity contribution < 1.29 is 4.92 Å². The van der Waals surface area contributed by atoms with E-state index in [1.54, 1.807) is 12.3 Å². The number of nitro groups is 1. The smallest absolute Gasteiger partial charge is 0.363 e. The van der Waals surface area contributed by atoms with Gasteiger partial charge in [0.2, 0.25) is 0 Å². The SMILES string of the molecule is O=[N+]([O-])c1ccc(N2CCCC2)cn1. The average Bonchev–Trinajstić information content (AvgIpc) is 2.71. The van der Waals surface area contributed by atoms with Gasteiger partial charge in [-0.05, 0) is 28.8 Å². The van der Waals surface area contributed by atoms with Crippen LogP contribution in [0.25, 0.3) is 0 Å². The Labute approximate surface area is 81.5 Å². The predicted octanol–water partition coefficient (Wildman–Crippen LogP) is 1.59. The van der Waals surface area contributed by atoms with Gasteiger partial charge in [0.25, 0.3) is 0 Å². The Morgan fingerprint density at radius 3 is 2.57 bits per heavy atom. The first kappa shape index (κ1) is 8.93. The van der Waals surface area contributed by atoms with E-state index in [9.17, 15) is 10.1 Å². The van der Waals surface area contributed by atoms with Crippen molar-refractivity contribution >= 4 is 11.5 Å². The molecule has 1 aliphatic heterocycles. The van der Waals surface area contributed by atoms with Crippen LogP contribution in [-0.4, -0.2) is 23.0 Å². The van der Waals surface area contributed by atoms with Crippen LogP contribution in [0.4, 0.5) is 11.5 Å². The molecular formula is C9H11N3O2. The van der Waals surface area contributed by atoms with Crippen LogP contribution >= 0.6 is 0 Å². The maximum atomic E-state index is 10.4. The predicted molar refractivity (Wildman–Crippen MR) is 52.3 cm³/mol. The van der Waals surface area contributed by atoms with Crippen LogP contribution in [0.1, 0.15) is 12.8 Å². The standard InChI is InChI=1S/C9H11N3O2/c13-12(14)9-4-3-8(7-10-9)11-5-1-2-6-11/h3-4,7H,1-2,5-6H2. The van der Waals surface area contributed by atoms with E-state index in [4.69, 9.17) is 0 Å². The van der Waals surface area contributed by atoms with Crippen LogP contribution in [0.2, 0.25) is 0 Å². The van der Waals surface area contributed by atoms with Crippen molar-refractivity contribution in [3.8, 4) is 0 Å². The zero-order valence-corrected chi connectivity index (χ0v) is 7.72. The van der Waals surface area contributed by atoms with Gasteiger partial charge in [-0.25, -0.2) is 0 Å². The summed E-state index contributed by atoms with van der Waals surface area (Å²) in [7, 11) is 0. The molecule has 0 radical (unpaired) electrons. The molecule has 0 saturated carbocycles. The molecule has 0 bridgehead atoms. The van der Waals surface area contributed by atoms with Gasteiger partial charge in [-0.2, -0.15) is 0 Å². The number of rotatable bonds is 2. The lowest BCUT2D eigenvalue weighted by Gasteiger charge is -2.14. The highest BCUT2D eigenvalue weighted by atomic mass is 16.6. The molecule has 74 valence electrons. The van der Waals surface area contributed by atoms with Crippen molar-refractivity contribution in [2.45, 2.75) is 12.8 Å². The Morgan fingerprint density at radius 1 is 1.36 bits per heavy atom. The summed E-state index contributed by atoms with van der Waals surface area (Å²) in [5.74, 6) is -0.0899. The van der Waals surface area contributed by atoms with Crippen LogP contribution in [0.15, 0.2) is 18.3 Å². The third-order valence-corrected chi connectivity index (χ3v) is 2.39. The molecule has 2 heterocycles. The van der Waals surface area contributed by atoms with Gasteiger partial charge in [0, 0.05) is 19.2 Å². The minimum atomic E-state index is -0.478. The molecule has 0 atom stereocenters. The molecule has 14 heavy (non-hydrogen) atoms. The van der Waals surface area contributed by atoms with E-state index in [2.05, 4.69) is 9.88 Å². The Balaban J connectivity index is 2.16. The molecule has 1 fully saturated rings. The average molecular weight is 193 g/mol. The molecule has 0 aliphatic carbocycles. The number of nitrogens with zero attached hydrogens (tertiary/aromatic N) is 3. The Bertz CT molecular complexity index is 330. The van der Waals surface area contributed by atoms with Crippen molar-refractivity contribution in [3.05, 3.63) is 28.4 Å². The molecule has 1 saturated heterocycles. The van der Waals surface area contributed by atoms with Crippen molar-refractivity contribution in [3.63, 3.8) is 0 Å². The number of hydrogen-bond donors (Lipinski definition) is 0. The molecule has 5 nitrogen and oxygen atoms in total. The van der Waals surface area contributed by atoms with E-state index >= 15 is 0 Å². The molecule has 0 spiro atoms. The van der Waals surface area contributed by atoms with Gasteiger partial charge in [0.1, 0.15) is 0 Å². The molecule has 1 aromatic heterocycles. The van der Waals surface area contributed by atoms with Crippen molar-refractivity contribution in [2.24, 2.45) is 0 Å². The lowest BCUT2D eigenvalue weighted by molar-refractivity contribution is -0.389. The molecule has 0 unspecified atom stereocenters. The molecule has 0 aromatic carbocycles. The summed E-state index contributed by atoms with van der Waals surface area (Å²) in [5.41, 5.74) is 0.980. The molecule has 0 N–H and O–H groups in total. The maximum absolute atomic E-state index is 10.4. The highest BCUT2D eigenvalue weighted by molar-refractivity contribution is 5.47. The zero-order chi connectivity index (χ0) is 9.97. The maximum Gasteiger partial charge on any atom is 0.363 e. The van der Waals surface area contributed by atoms with E-state index in [0.717, 1.165) is 18.8 Å². The van der Waals surface area contributed by atoms with E-state index in [1.807, 2.05) is 0 Å². The van der Waals surface area contributed by atoms with Gasteiger partial charge in [-0.3, -0.25) is 0 Å². The molecule has 0 amide bonds. The minimum absolute atomic E-state index is 0.0899. The van der Waals surface area contributed by atoms with Crippen LogP contribution in [0.5, 0.6) is 0 Å². The van der Waals surface area contributed by atoms with Crippen LogP contribution in [0, 0.1) is 10.1 Å². The third-order valence-electron chi connectivity index (χ3n) is 2.39. The van der Waals surface area contributed by atoms with Crippen molar-refractivity contribution in [2.75, 3.05) is 18.0 Å². The van der Waals surface area contributed by atoms with E-state index in [1.165, 1.54) is 18.9 Å². The fraction of sp³-hybridized carbons (Fsp3) is 0.444. The van der Waals surface area contributed by atoms with E-state index in [0.29, 0.717) is 0 Å². The molecular weight excluding hydrogens is 182 g/mol. The normalized spacial score (nSPS) is 15.9. The Morgan fingerprint density at radius 2 is 2.07 bits per heavy atom. The summed E-state index contributed by atoms with van der Waals surface area (Å²) in [6.07, 6.45) is 3.96. The summed E-state index contributed by atoms with van der Waals surface area (Å²) in [6, 6.07) is 3.21. The summed E-state index contributed by atoms with van der Waals surface area (Å²) >= 11 is 0. The fourth-order valence-corrected chi connectivity index (χ4v) is 1.65. The number of hydrogen-bond acceptors (Lipinski definition) is 4. The van der Waals surface area contributed by atoms with Gasteiger partial charge in [-0.15, -0.1) is 0 Å². The topological polar surface area (TPSA) is 59.3 Å². The van der Waals surface area contributed by atoms with E-state index in [-0.39, 0.29) is 5.82 Å². The highest BCUT2D eigenvalue weighted by Crippen LogP contribution is 2.20. The van der Waals surface area contributed by atoms with Crippen LogP contribution in [-0.2, 0) is 0 Å². The number of pyridine rings is 1. The second-order valence-electron chi connectivity index (χ2n) is 3.33. The number of aromatic nitrogens is 1. The molecule has 1 aliphatic rings. The second-order valence-corrected chi connectivity index (χ2v) is 3.33. The molecule has 2 rings (SSSR count). The van der Waals surface area contributed by atoms with Gasteiger partial charge in [0.15, 0.2) is 6.20 Å². The summed E-state index contributed by atoms with van der Waals surface area (Å²) in [4.78, 5) is 15.9. The monoisotopic (exact) mass is 193 g/mol. The third kappa shape index (κ3) is 1.66. The number of anilines is 1. The Hall–Kier alpha value is -1.65. The van der Waals surface area contributed by atoms with Gasteiger partial charge in [-0.1, -0.05) is 0 Å². The lowest BCUT2D eigenvalue weighted by Crippen LogP contribution is -2.17. The second kappa shape index (κ2) is 3.61. The van der Waals surface area contributed by atoms with Crippen LogP contribution in [0.3, 0.4) is 0 Å². The quantitative estimate of drug-likeness (QED) is 0.528. The minimum Gasteiger partial charge on any atom is -0.368 e. The first-order chi connectivity index (χ1) is 6.77. The van der Waals surface area contributed by atoms with Gasteiger partial charge in [0.05, 0.1) is 5.69 Å². The van der Waals surface area contributed by atoms with Crippen LogP contribution < -0.4 is 4.90 Å². The fourth-order valence-electron chi connectivity index (χ4n) is 1.65. The molecule has 5 heteroatoms. The molecule has 1 aromatic rings. The zero-order valence-electron chi connectivity index (χ0n) is 7.72. The largest absolute Gasteiger partial charge is 0.368 e. The van der Waals surface area contributed by atoms with Crippen molar-refractivity contribution in [1.82, 2.24) is 4.98 Å². The summed E-state index contributed by atoms with van der Waals surface area (Å²) in [5, 5.41) is 10.4. The van der Waals surface area contributed by atoms with Gasteiger partial charge >= 0.3 is 5.82 Å². The van der Waals surface area contributed by atoms with Crippen molar-refractivity contribution in [1.29, 1.82) is 0 Å². The first-order valence-corrected chi connectivity index (χ1v) is 4.63.